The van der Waals surface area contributed by atoms with Gasteiger partial charge in [-0.2, -0.15) is 0 Å². The summed E-state index contributed by atoms with van der Waals surface area (Å²) in [5.74, 6) is 0.720. The molecule has 0 saturated carbocycles. The van der Waals surface area contributed by atoms with Gasteiger partial charge in [0.2, 0.25) is 5.16 Å². The van der Waals surface area contributed by atoms with Crippen LogP contribution in [-0.4, -0.2) is 45.7 Å². The van der Waals surface area contributed by atoms with Gasteiger partial charge in [0.05, 0.1) is 13.2 Å². The monoisotopic (exact) mass is 233 g/mol. The zero-order valence-electron chi connectivity index (χ0n) is 8.82. The first-order valence-electron chi connectivity index (χ1n) is 5.04. The first-order chi connectivity index (χ1) is 7.38. The van der Waals surface area contributed by atoms with Crippen molar-refractivity contribution in [1.82, 2.24) is 25.5 Å². The second kappa shape index (κ2) is 7.58. The molecule has 0 saturated heterocycles. The van der Waals surface area contributed by atoms with E-state index in [1.807, 2.05) is 0 Å². The van der Waals surface area contributed by atoms with Crippen molar-refractivity contribution >= 4 is 11.8 Å². The summed E-state index contributed by atoms with van der Waals surface area (Å²) >= 11 is 1.50. The van der Waals surface area contributed by atoms with Crippen LogP contribution < -0.4 is 5.32 Å². The highest BCUT2D eigenvalue weighted by atomic mass is 32.2. The summed E-state index contributed by atoms with van der Waals surface area (Å²) in [6, 6.07) is 0. The minimum Gasteiger partial charge on any atom is -0.315 e. The molecule has 7 heteroatoms. The van der Waals surface area contributed by atoms with E-state index >= 15 is 0 Å². The van der Waals surface area contributed by atoms with E-state index in [0.717, 1.165) is 30.5 Å². The van der Waals surface area contributed by atoms with Gasteiger partial charge < -0.3 is 5.32 Å². The molecule has 0 aliphatic heterocycles. The minimum atomic E-state index is -0.286. The SMILES string of the molecule is CCNCCn1nnnc1SCCCF. The number of thioether (sulfide) groups is 1. The molecular formula is C8H16FN5S. The molecule has 15 heavy (non-hydrogen) atoms. The van der Waals surface area contributed by atoms with Crippen molar-refractivity contribution in [3.05, 3.63) is 0 Å². The fourth-order valence-electron chi connectivity index (χ4n) is 1.02. The second-order valence-corrected chi connectivity index (χ2v) is 3.99. The van der Waals surface area contributed by atoms with E-state index < -0.39 is 0 Å². The molecule has 0 atom stereocenters. The molecule has 1 aromatic rings. The number of alkyl halides is 1. The third-order valence-electron chi connectivity index (χ3n) is 1.76. The Kier molecular flexibility index (Phi) is 6.26. The van der Waals surface area contributed by atoms with Gasteiger partial charge in [0.1, 0.15) is 0 Å². The van der Waals surface area contributed by atoms with Crippen LogP contribution in [0.4, 0.5) is 4.39 Å². The van der Waals surface area contributed by atoms with Crippen molar-refractivity contribution in [2.24, 2.45) is 0 Å². The number of nitrogens with one attached hydrogen (secondary N) is 1. The van der Waals surface area contributed by atoms with Gasteiger partial charge in [-0.15, -0.1) is 5.10 Å². The number of tetrazole rings is 1. The number of nitrogens with zero attached hydrogens (tertiary/aromatic N) is 4. The van der Waals surface area contributed by atoms with Crippen molar-refractivity contribution in [1.29, 1.82) is 0 Å². The Morgan fingerprint density at radius 3 is 3.13 bits per heavy atom. The molecule has 0 spiro atoms. The van der Waals surface area contributed by atoms with Crippen molar-refractivity contribution in [2.45, 2.75) is 25.0 Å². The predicted octanol–water partition coefficient (Wildman–Crippen LogP) is 0.734. The van der Waals surface area contributed by atoms with Crippen LogP contribution in [0.25, 0.3) is 0 Å². The van der Waals surface area contributed by atoms with Crippen LogP contribution in [0, 0.1) is 0 Å². The molecule has 0 bridgehead atoms. The molecule has 0 aromatic carbocycles. The molecule has 0 fully saturated rings. The molecule has 1 rings (SSSR count). The summed E-state index contributed by atoms with van der Waals surface area (Å²) in [7, 11) is 0. The van der Waals surface area contributed by atoms with Gasteiger partial charge in [0, 0.05) is 12.3 Å². The third-order valence-corrected chi connectivity index (χ3v) is 2.80. The third kappa shape index (κ3) is 4.57. The van der Waals surface area contributed by atoms with E-state index in [-0.39, 0.29) is 6.67 Å². The summed E-state index contributed by atoms with van der Waals surface area (Å²) < 4.78 is 13.6. The molecule has 1 aromatic heterocycles. The summed E-state index contributed by atoms with van der Waals surface area (Å²) in [4.78, 5) is 0. The maximum atomic E-state index is 11.9. The van der Waals surface area contributed by atoms with Gasteiger partial charge in [-0.3, -0.25) is 4.39 Å². The van der Waals surface area contributed by atoms with Crippen molar-refractivity contribution in [2.75, 3.05) is 25.5 Å². The quantitative estimate of drug-likeness (QED) is 0.530. The molecule has 0 radical (unpaired) electrons. The molecule has 0 unspecified atom stereocenters. The normalized spacial score (nSPS) is 10.8. The number of halogens is 1. The van der Waals surface area contributed by atoms with Gasteiger partial charge in [-0.1, -0.05) is 18.7 Å². The molecule has 1 heterocycles. The van der Waals surface area contributed by atoms with Crippen molar-refractivity contribution < 1.29 is 4.39 Å². The van der Waals surface area contributed by atoms with Crippen LogP contribution in [0.1, 0.15) is 13.3 Å². The highest BCUT2D eigenvalue weighted by molar-refractivity contribution is 7.99. The molecule has 0 aliphatic rings. The molecular weight excluding hydrogens is 217 g/mol. The number of rotatable bonds is 8. The average molecular weight is 233 g/mol. The van der Waals surface area contributed by atoms with Gasteiger partial charge in [-0.25, -0.2) is 4.68 Å². The Bertz CT molecular complexity index is 243. The van der Waals surface area contributed by atoms with Crippen LogP contribution >= 0.6 is 11.8 Å². The topological polar surface area (TPSA) is 55.6 Å². The highest BCUT2D eigenvalue weighted by Crippen LogP contribution is 2.14. The number of likely N-dealkylation sites (N-methyl/N-ethyl adjacent to an activating group) is 1. The van der Waals surface area contributed by atoms with E-state index in [4.69, 9.17) is 0 Å². The summed E-state index contributed by atoms with van der Waals surface area (Å²) in [6.07, 6.45) is 0.546. The van der Waals surface area contributed by atoms with E-state index in [2.05, 4.69) is 27.8 Å². The van der Waals surface area contributed by atoms with E-state index in [0.29, 0.717) is 6.42 Å². The van der Waals surface area contributed by atoms with Crippen molar-refractivity contribution in [3.8, 4) is 0 Å². The number of hydrogen-bond donors (Lipinski definition) is 1. The fraction of sp³-hybridized carbons (Fsp3) is 0.875. The standard InChI is InChI=1S/C8H16FN5S/c1-2-10-5-6-14-8(11-12-13-14)15-7-3-4-9/h10H,2-7H2,1H3. The predicted molar refractivity (Wildman–Crippen MR) is 57.7 cm³/mol. The van der Waals surface area contributed by atoms with Crippen LogP contribution in [0.5, 0.6) is 0 Å². The van der Waals surface area contributed by atoms with Gasteiger partial charge in [0.25, 0.3) is 0 Å². The van der Waals surface area contributed by atoms with Crippen LogP contribution in [0.2, 0.25) is 0 Å². The maximum Gasteiger partial charge on any atom is 0.209 e. The Labute approximate surface area is 92.8 Å². The van der Waals surface area contributed by atoms with E-state index in [9.17, 15) is 4.39 Å². The van der Waals surface area contributed by atoms with Crippen LogP contribution in [-0.2, 0) is 6.54 Å². The number of aromatic nitrogens is 4. The smallest absolute Gasteiger partial charge is 0.209 e. The lowest BCUT2D eigenvalue weighted by Gasteiger charge is -2.03. The molecule has 1 N–H and O–H groups in total. The van der Waals surface area contributed by atoms with Gasteiger partial charge >= 0.3 is 0 Å². The van der Waals surface area contributed by atoms with Crippen LogP contribution in [0.3, 0.4) is 0 Å². The summed E-state index contributed by atoms with van der Waals surface area (Å²) in [5.41, 5.74) is 0. The maximum absolute atomic E-state index is 11.9. The Morgan fingerprint density at radius 2 is 2.40 bits per heavy atom. The van der Waals surface area contributed by atoms with Gasteiger partial charge in [-0.05, 0) is 23.4 Å². The Balaban J connectivity index is 2.32. The zero-order chi connectivity index (χ0) is 10.9. The lowest BCUT2D eigenvalue weighted by molar-refractivity contribution is 0.488. The first-order valence-corrected chi connectivity index (χ1v) is 6.02. The zero-order valence-corrected chi connectivity index (χ0v) is 9.63. The molecule has 0 amide bonds. The van der Waals surface area contributed by atoms with E-state index in [1.165, 1.54) is 11.8 Å². The Morgan fingerprint density at radius 1 is 1.53 bits per heavy atom. The van der Waals surface area contributed by atoms with Crippen LogP contribution in [0.15, 0.2) is 5.16 Å². The first kappa shape index (κ1) is 12.4. The average Bonchev–Trinajstić information content (AvgIpc) is 2.67. The minimum absolute atomic E-state index is 0.286. The lowest BCUT2D eigenvalue weighted by atomic mass is 10.6. The Hall–Kier alpha value is -0.690. The largest absolute Gasteiger partial charge is 0.315 e. The van der Waals surface area contributed by atoms with E-state index in [1.54, 1.807) is 4.68 Å². The molecule has 86 valence electrons. The summed E-state index contributed by atoms with van der Waals surface area (Å²) in [6.45, 7) is 4.30. The summed E-state index contributed by atoms with van der Waals surface area (Å²) in [5, 5.41) is 15.3. The van der Waals surface area contributed by atoms with Gasteiger partial charge in [0.15, 0.2) is 0 Å². The molecule has 0 aliphatic carbocycles. The highest BCUT2D eigenvalue weighted by Gasteiger charge is 2.05. The second-order valence-electron chi connectivity index (χ2n) is 2.93. The van der Waals surface area contributed by atoms with Crippen molar-refractivity contribution in [3.63, 3.8) is 0 Å². The molecule has 5 nitrogen and oxygen atoms in total. The lowest BCUT2D eigenvalue weighted by Crippen LogP contribution is -2.20. The number of hydrogen-bond acceptors (Lipinski definition) is 5. The fourth-order valence-corrected chi connectivity index (χ4v) is 1.83.